The van der Waals surface area contributed by atoms with Crippen LogP contribution in [0.25, 0.3) is 0 Å². The van der Waals surface area contributed by atoms with Crippen molar-refractivity contribution in [2.75, 3.05) is 13.7 Å². The lowest BCUT2D eigenvalue weighted by atomic mass is 9.92. The van der Waals surface area contributed by atoms with Crippen LogP contribution in [0.5, 0.6) is 0 Å². The van der Waals surface area contributed by atoms with Gasteiger partial charge in [-0.2, -0.15) is 0 Å². The molecule has 0 amide bonds. The minimum Gasteiger partial charge on any atom is -0.466 e. The van der Waals surface area contributed by atoms with Gasteiger partial charge in [0.15, 0.2) is 0 Å². The van der Waals surface area contributed by atoms with Crippen molar-refractivity contribution < 1.29 is 14.3 Å². The van der Waals surface area contributed by atoms with E-state index in [1.165, 1.54) is 26.0 Å². The zero-order valence-electron chi connectivity index (χ0n) is 15.3. The van der Waals surface area contributed by atoms with Crippen LogP contribution >= 0.6 is 0 Å². The lowest BCUT2D eigenvalue weighted by molar-refractivity contribution is -0.134. The van der Waals surface area contributed by atoms with E-state index in [9.17, 15) is 4.79 Å². The maximum absolute atomic E-state index is 11.1. The minimum atomic E-state index is -0.301. The van der Waals surface area contributed by atoms with Crippen molar-refractivity contribution in [3.8, 4) is 0 Å². The van der Waals surface area contributed by atoms with Crippen LogP contribution in [0.15, 0.2) is 23.8 Å². The van der Waals surface area contributed by atoms with E-state index in [0.717, 1.165) is 31.4 Å². The Balaban J connectivity index is 4.07. The highest BCUT2D eigenvalue weighted by atomic mass is 16.5. The molecule has 0 fully saturated rings. The first-order valence-electron chi connectivity index (χ1n) is 8.43. The van der Waals surface area contributed by atoms with E-state index < -0.39 is 0 Å². The molecule has 0 saturated heterocycles. The van der Waals surface area contributed by atoms with Gasteiger partial charge >= 0.3 is 5.97 Å². The molecule has 0 aliphatic heterocycles. The average Bonchev–Trinajstić information content (AvgIpc) is 2.47. The van der Waals surface area contributed by atoms with Crippen molar-refractivity contribution in [1.82, 2.24) is 0 Å². The summed E-state index contributed by atoms with van der Waals surface area (Å²) in [6.07, 6.45) is 11.2. The first-order valence-corrected chi connectivity index (χ1v) is 8.43. The summed E-state index contributed by atoms with van der Waals surface area (Å²) in [6.45, 7) is 11.4. The molecule has 22 heavy (non-hydrogen) atoms. The van der Waals surface area contributed by atoms with E-state index >= 15 is 0 Å². The number of allylic oxidation sites excluding steroid dienone is 3. The number of ether oxygens (including phenoxy) is 2. The van der Waals surface area contributed by atoms with Gasteiger partial charge in [0.1, 0.15) is 0 Å². The third kappa shape index (κ3) is 9.78. The van der Waals surface area contributed by atoms with Crippen LogP contribution in [0, 0.1) is 5.92 Å². The third-order valence-electron chi connectivity index (χ3n) is 4.11. The standard InChI is InChI=1S/C19H34O3/c1-7-19(5,22-8-2)14-10-13-16(3)11-9-12-17(4)15-18(20)21-6/h9,12,15-16H,7-8,10-11,13-14H2,1-6H3/b12-9+,17-15+. The van der Waals surface area contributed by atoms with Crippen molar-refractivity contribution >= 4 is 5.97 Å². The molecule has 3 heteroatoms. The van der Waals surface area contributed by atoms with Crippen LogP contribution in [0.4, 0.5) is 0 Å². The quantitative estimate of drug-likeness (QED) is 0.304. The second-order valence-electron chi connectivity index (χ2n) is 6.28. The summed E-state index contributed by atoms with van der Waals surface area (Å²) in [5.74, 6) is 0.342. The maximum Gasteiger partial charge on any atom is 0.330 e. The normalized spacial score (nSPS) is 16.5. The highest BCUT2D eigenvalue weighted by Crippen LogP contribution is 2.24. The van der Waals surface area contributed by atoms with Crippen LogP contribution in [0.1, 0.15) is 66.7 Å². The summed E-state index contributed by atoms with van der Waals surface area (Å²) < 4.78 is 10.5. The number of carbonyl (C=O) groups excluding carboxylic acids is 1. The van der Waals surface area contributed by atoms with Gasteiger partial charge in [-0.15, -0.1) is 0 Å². The zero-order chi connectivity index (χ0) is 17.0. The summed E-state index contributed by atoms with van der Waals surface area (Å²) in [5.41, 5.74) is 0.957. The molecule has 0 aliphatic rings. The molecule has 0 aromatic heterocycles. The number of methoxy groups -OCH3 is 1. The fraction of sp³-hybridized carbons (Fsp3) is 0.737. The molecule has 128 valence electrons. The molecule has 0 aromatic carbocycles. The van der Waals surface area contributed by atoms with Gasteiger partial charge in [0.05, 0.1) is 12.7 Å². The van der Waals surface area contributed by atoms with Gasteiger partial charge in [-0.05, 0) is 51.5 Å². The SMILES string of the molecule is CCOC(C)(CC)CCCC(C)C/C=C/C(C)=C/C(=O)OC. The number of esters is 1. The first kappa shape index (κ1) is 20.9. The van der Waals surface area contributed by atoms with Crippen LogP contribution in [-0.2, 0) is 14.3 Å². The monoisotopic (exact) mass is 310 g/mol. The second kappa shape index (κ2) is 11.5. The van der Waals surface area contributed by atoms with E-state index in [2.05, 4.69) is 38.5 Å². The molecule has 3 nitrogen and oxygen atoms in total. The van der Waals surface area contributed by atoms with E-state index in [1.54, 1.807) is 0 Å². The van der Waals surface area contributed by atoms with Gasteiger partial charge in [0.25, 0.3) is 0 Å². The molecule has 0 spiro atoms. The van der Waals surface area contributed by atoms with Gasteiger partial charge in [-0.3, -0.25) is 0 Å². The number of carbonyl (C=O) groups is 1. The average molecular weight is 310 g/mol. The second-order valence-corrected chi connectivity index (χ2v) is 6.28. The zero-order valence-corrected chi connectivity index (χ0v) is 15.3. The Morgan fingerprint density at radius 3 is 2.55 bits per heavy atom. The van der Waals surface area contributed by atoms with Gasteiger partial charge in [0.2, 0.25) is 0 Å². The van der Waals surface area contributed by atoms with Crippen molar-refractivity contribution in [1.29, 1.82) is 0 Å². The summed E-state index contributed by atoms with van der Waals surface area (Å²) in [5, 5.41) is 0. The molecule has 0 heterocycles. The predicted molar refractivity (Wildman–Crippen MR) is 92.9 cm³/mol. The molecule has 0 N–H and O–H groups in total. The Kier molecular flexibility index (Phi) is 10.9. The topological polar surface area (TPSA) is 35.5 Å². The van der Waals surface area contributed by atoms with Crippen LogP contribution < -0.4 is 0 Å². The molecule has 0 aromatic rings. The lowest BCUT2D eigenvalue weighted by Crippen LogP contribution is -2.27. The lowest BCUT2D eigenvalue weighted by Gasteiger charge is -2.28. The van der Waals surface area contributed by atoms with Crippen molar-refractivity contribution in [2.24, 2.45) is 5.92 Å². The highest BCUT2D eigenvalue weighted by Gasteiger charge is 2.21. The summed E-state index contributed by atoms with van der Waals surface area (Å²) in [7, 11) is 1.39. The molecule has 0 rings (SSSR count). The number of rotatable bonds is 11. The largest absolute Gasteiger partial charge is 0.466 e. The molecule has 0 bridgehead atoms. The highest BCUT2D eigenvalue weighted by molar-refractivity contribution is 5.83. The molecule has 2 unspecified atom stereocenters. The summed E-state index contributed by atoms with van der Waals surface area (Å²) in [6, 6.07) is 0. The Bertz CT molecular complexity index is 371. The third-order valence-corrected chi connectivity index (χ3v) is 4.11. The number of hydrogen-bond acceptors (Lipinski definition) is 3. The van der Waals surface area contributed by atoms with E-state index in [-0.39, 0.29) is 11.6 Å². The molecule has 0 saturated carbocycles. The maximum atomic E-state index is 11.1. The van der Waals surface area contributed by atoms with Gasteiger partial charge in [0, 0.05) is 12.7 Å². The van der Waals surface area contributed by atoms with Crippen molar-refractivity contribution in [3.05, 3.63) is 23.8 Å². The van der Waals surface area contributed by atoms with Gasteiger partial charge in [-0.1, -0.05) is 38.8 Å². The van der Waals surface area contributed by atoms with E-state index in [4.69, 9.17) is 4.74 Å². The van der Waals surface area contributed by atoms with E-state index in [0.29, 0.717) is 5.92 Å². The molecule has 2 atom stereocenters. The Labute approximate surface area is 136 Å². The Hall–Kier alpha value is -1.09. The Morgan fingerprint density at radius 1 is 1.32 bits per heavy atom. The van der Waals surface area contributed by atoms with E-state index in [1.807, 2.05) is 13.0 Å². The van der Waals surface area contributed by atoms with Crippen molar-refractivity contribution in [2.45, 2.75) is 72.3 Å². The van der Waals surface area contributed by atoms with Crippen molar-refractivity contribution in [3.63, 3.8) is 0 Å². The fourth-order valence-electron chi connectivity index (χ4n) is 2.42. The first-order chi connectivity index (χ1) is 10.4. The van der Waals surface area contributed by atoms with Gasteiger partial charge < -0.3 is 9.47 Å². The molecule has 0 radical (unpaired) electrons. The summed E-state index contributed by atoms with van der Waals surface area (Å²) in [4.78, 5) is 11.1. The number of hydrogen-bond donors (Lipinski definition) is 0. The predicted octanol–water partition coefficient (Wildman–Crippen LogP) is 5.06. The molecular formula is C19H34O3. The minimum absolute atomic E-state index is 0.0319. The van der Waals surface area contributed by atoms with Gasteiger partial charge in [-0.25, -0.2) is 4.79 Å². The van der Waals surface area contributed by atoms with Crippen LogP contribution in [0.2, 0.25) is 0 Å². The molecular weight excluding hydrogens is 276 g/mol. The molecule has 0 aliphatic carbocycles. The smallest absolute Gasteiger partial charge is 0.330 e. The Morgan fingerprint density at radius 2 is 2.00 bits per heavy atom. The van der Waals surface area contributed by atoms with Crippen LogP contribution in [0.3, 0.4) is 0 Å². The van der Waals surface area contributed by atoms with Crippen LogP contribution in [-0.4, -0.2) is 25.3 Å². The fourth-order valence-corrected chi connectivity index (χ4v) is 2.42. The summed E-state index contributed by atoms with van der Waals surface area (Å²) >= 11 is 0.